The van der Waals surface area contributed by atoms with Crippen LogP contribution in [-0.2, 0) is 20.1 Å². The predicted molar refractivity (Wildman–Crippen MR) is 83.3 cm³/mol. The molecular weight excluding hydrogens is 276 g/mol. The third-order valence-electron chi connectivity index (χ3n) is 4.99. The molecule has 1 saturated carbocycles. The average Bonchev–Trinajstić information content (AvgIpc) is 3.12. The summed E-state index contributed by atoms with van der Waals surface area (Å²) in [6.07, 6.45) is 10.3. The average molecular weight is 300 g/mol. The van der Waals surface area contributed by atoms with E-state index in [1.54, 1.807) is 0 Å². The highest BCUT2D eigenvalue weighted by molar-refractivity contribution is 5.08. The van der Waals surface area contributed by atoms with E-state index in [4.69, 9.17) is 0 Å². The van der Waals surface area contributed by atoms with E-state index < -0.39 is 0 Å². The standard InChI is InChI=1S/C16H24N6/c1-20-15(18-19-16(20)13-6-7-13)12-21-9-3-2-5-14(21)11-22-10-4-8-17-22/h4,8,10,13-14H,2-3,5-7,9,11-12H2,1H3. The summed E-state index contributed by atoms with van der Waals surface area (Å²) in [7, 11) is 2.12. The van der Waals surface area contributed by atoms with Crippen LogP contribution in [0.25, 0.3) is 0 Å². The first-order valence-electron chi connectivity index (χ1n) is 8.41. The van der Waals surface area contributed by atoms with Gasteiger partial charge in [0, 0.05) is 31.4 Å². The highest BCUT2D eigenvalue weighted by Crippen LogP contribution is 2.38. The summed E-state index contributed by atoms with van der Waals surface area (Å²) >= 11 is 0. The van der Waals surface area contributed by atoms with E-state index >= 15 is 0 Å². The van der Waals surface area contributed by atoms with E-state index in [1.165, 1.54) is 37.9 Å². The quantitative estimate of drug-likeness (QED) is 0.847. The number of nitrogens with zero attached hydrogens (tertiary/aromatic N) is 6. The highest BCUT2D eigenvalue weighted by atomic mass is 15.3. The molecule has 0 amide bonds. The molecule has 1 unspecified atom stereocenters. The molecule has 0 N–H and O–H groups in total. The Morgan fingerprint density at radius 1 is 1.18 bits per heavy atom. The topological polar surface area (TPSA) is 51.8 Å². The zero-order valence-corrected chi connectivity index (χ0v) is 13.2. The molecule has 0 aromatic carbocycles. The van der Waals surface area contributed by atoms with Gasteiger partial charge in [0.05, 0.1) is 13.1 Å². The molecular formula is C16H24N6. The maximum Gasteiger partial charge on any atom is 0.146 e. The van der Waals surface area contributed by atoms with E-state index in [2.05, 4.69) is 42.7 Å². The Bertz CT molecular complexity index is 613. The molecule has 1 atom stereocenters. The second-order valence-corrected chi connectivity index (χ2v) is 6.66. The lowest BCUT2D eigenvalue weighted by molar-refractivity contribution is 0.117. The summed E-state index contributed by atoms with van der Waals surface area (Å²) < 4.78 is 4.27. The fourth-order valence-corrected chi connectivity index (χ4v) is 3.49. The van der Waals surface area contributed by atoms with Gasteiger partial charge in [-0.25, -0.2) is 0 Å². The Hall–Kier alpha value is -1.69. The molecule has 4 rings (SSSR count). The van der Waals surface area contributed by atoms with Crippen molar-refractivity contribution in [2.45, 2.75) is 57.2 Å². The maximum atomic E-state index is 4.45. The first kappa shape index (κ1) is 13.9. The number of piperidine rings is 1. The molecule has 6 nitrogen and oxygen atoms in total. The summed E-state index contributed by atoms with van der Waals surface area (Å²) in [5.41, 5.74) is 0. The van der Waals surface area contributed by atoms with Gasteiger partial charge in [-0.3, -0.25) is 9.58 Å². The molecule has 118 valence electrons. The zero-order chi connectivity index (χ0) is 14.9. The molecule has 2 aromatic rings. The molecule has 1 saturated heterocycles. The lowest BCUT2D eigenvalue weighted by Gasteiger charge is -2.35. The van der Waals surface area contributed by atoms with Gasteiger partial charge in [0.25, 0.3) is 0 Å². The molecule has 1 aliphatic carbocycles. The predicted octanol–water partition coefficient (Wildman–Crippen LogP) is 1.94. The van der Waals surface area contributed by atoms with Gasteiger partial charge in [-0.15, -0.1) is 10.2 Å². The van der Waals surface area contributed by atoms with Crippen LogP contribution < -0.4 is 0 Å². The van der Waals surface area contributed by atoms with Crippen LogP contribution >= 0.6 is 0 Å². The minimum atomic E-state index is 0.551. The molecule has 3 heterocycles. The molecule has 22 heavy (non-hydrogen) atoms. The monoisotopic (exact) mass is 300 g/mol. The molecule has 2 aliphatic rings. The Balaban J connectivity index is 1.47. The second-order valence-electron chi connectivity index (χ2n) is 6.66. The largest absolute Gasteiger partial charge is 0.317 e. The van der Waals surface area contributed by atoms with Gasteiger partial charge >= 0.3 is 0 Å². The highest BCUT2D eigenvalue weighted by Gasteiger charge is 2.30. The van der Waals surface area contributed by atoms with E-state index in [-0.39, 0.29) is 0 Å². The van der Waals surface area contributed by atoms with Crippen LogP contribution in [0.2, 0.25) is 0 Å². The van der Waals surface area contributed by atoms with E-state index in [1.807, 2.05) is 12.3 Å². The minimum absolute atomic E-state index is 0.551. The summed E-state index contributed by atoms with van der Waals surface area (Å²) in [5, 5.41) is 13.2. The third kappa shape index (κ3) is 2.79. The summed E-state index contributed by atoms with van der Waals surface area (Å²) in [6.45, 7) is 3.03. The van der Waals surface area contributed by atoms with Gasteiger partial charge in [0.15, 0.2) is 0 Å². The summed E-state index contributed by atoms with van der Waals surface area (Å²) in [5.74, 6) is 2.94. The molecule has 0 spiro atoms. The maximum absolute atomic E-state index is 4.45. The molecule has 6 heteroatoms. The SMILES string of the molecule is Cn1c(CN2CCCCC2Cn2cccn2)nnc1C1CC1. The van der Waals surface area contributed by atoms with E-state index in [9.17, 15) is 0 Å². The van der Waals surface area contributed by atoms with Crippen LogP contribution in [0.3, 0.4) is 0 Å². The van der Waals surface area contributed by atoms with Gasteiger partial charge in [-0.05, 0) is 38.3 Å². The molecule has 0 bridgehead atoms. The van der Waals surface area contributed by atoms with Crippen molar-refractivity contribution in [2.24, 2.45) is 7.05 Å². The second kappa shape index (κ2) is 5.83. The fraction of sp³-hybridized carbons (Fsp3) is 0.688. The molecule has 2 aromatic heterocycles. The smallest absolute Gasteiger partial charge is 0.146 e. The van der Waals surface area contributed by atoms with Gasteiger partial charge < -0.3 is 4.57 Å². The van der Waals surface area contributed by atoms with Crippen molar-refractivity contribution in [3.05, 3.63) is 30.1 Å². The van der Waals surface area contributed by atoms with Crippen molar-refractivity contribution in [1.29, 1.82) is 0 Å². The third-order valence-corrected chi connectivity index (χ3v) is 4.99. The minimum Gasteiger partial charge on any atom is -0.317 e. The van der Waals surface area contributed by atoms with Crippen LogP contribution in [0.1, 0.15) is 49.7 Å². The van der Waals surface area contributed by atoms with Gasteiger partial charge in [-0.1, -0.05) is 6.42 Å². The zero-order valence-electron chi connectivity index (χ0n) is 13.2. The van der Waals surface area contributed by atoms with Crippen molar-refractivity contribution in [1.82, 2.24) is 29.4 Å². The van der Waals surface area contributed by atoms with Crippen molar-refractivity contribution >= 4 is 0 Å². The van der Waals surface area contributed by atoms with Crippen LogP contribution in [0.15, 0.2) is 18.5 Å². The number of likely N-dealkylation sites (tertiary alicyclic amines) is 1. The van der Waals surface area contributed by atoms with Crippen LogP contribution in [0.5, 0.6) is 0 Å². The summed E-state index contributed by atoms with van der Waals surface area (Å²) in [4.78, 5) is 2.56. The Morgan fingerprint density at radius 3 is 2.86 bits per heavy atom. The summed E-state index contributed by atoms with van der Waals surface area (Å²) in [6, 6.07) is 2.55. The van der Waals surface area contributed by atoms with Crippen LogP contribution in [-0.4, -0.2) is 42.0 Å². The Labute approximate surface area is 131 Å². The van der Waals surface area contributed by atoms with Gasteiger partial charge in [-0.2, -0.15) is 5.10 Å². The van der Waals surface area contributed by atoms with Crippen molar-refractivity contribution in [2.75, 3.05) is 6.54 Å². The fourth-order valence-electron chi connectivity index (χ4n) is 3.49. The number of rotatable bonds is 5. The first-order chi connectivity index (χ1) is 10.8. The van der Waals surface area contributed by atoms with Crippen LogP contribution in [0, 0.1) is 0 Å². The normalized spacial score (nSPS) is 23.0. The number of hydrogen-bond donors (Lipinski definition) is 0. The van der Waals surface area contributed by atoms with Gasteiger partial charge in [0.2, 0.25) is 0 Å². The van der Waals surface area contributed by atoms with Crippen LogP contribution in [0.4, 0.5) is 0 Å². The molecule has 1 aliphatic heterocycles. The van der Waals surface area contributed by atoms with E-state index in [0.717, 1.165) is 25.5 Å². The molecule has 0 radical (unpaired) electrons. The first-order valence-corrected chi connectivity index (χ1v) is 8.41. The van der Waals surface area contributed by atoms with Gasteiger partial charge in [0.1, 0.15) is 11.6 Å². The lowest BCUT2D eigenvalue weighted by atomic mass is 10.0. The molecule has 2 fully saturated rings. The Morgan fingerprint density at radius 2 is 2.09 bits per heavy atom. The number of aromatic nitrogens is 5. The van der Waals surface area contributed by atoms with Crippen molar-refractivity contribution in [3.8, 4) is 0 Å². The lowest BCUT2D eigenvalue weighted by Crippen LogP contribution is -2.42. The van der Waals surface area contributed by atoms with Crippen molar-refractivity contribution < 1.29 is 0 Å². The number of hydrogen-bond acceptors (Lipinski definition) is 4. The van der Waals surface area contributed by atoms with E-state index in [0.29, 0.717) is 12.0 Å². The van der Waals surface area contributed by atoms with Crippen molar-refractivity contribution in [3.63, 3.8) is 0 Å². The Kier molecular flexibility index (Phi) is 3.70.